The summed E-state index contributed by atoms with van der Waals surface area (Å²) in [5.74, 6) is 1.04. The van der Waals surface area contributed by atoms with Gasteiger partial charge in [0, 0.05) is 0 Å². The molecule has 2 rings (SSSR count). The molecule has 96 valence electrons. The van der Waals surface area contributed by atoms with Gasteiger partial charge in [-0.2, -0.15) is 4.98 Å². The van der Waals surface area contributed by atoms with Gasteiger partial charge in [0.05, 0.1) is 12.6 Å². The molecule has 17 heavy (non-hydrogen) atoms. The lowest BCUT2D eigenvalue weighted by Crippen LogP contribution is -2.46. The molecule has 1 atom stereocenters. The molecule has 6 nitrogen and oxygen atoms in total. The Bertz CT molecular complexity index is 363. The minimum absolute atomic E-state index is 0. The summed E-state index contributed by atoms with van der Waals surface area (Å²) in [6.45, 7) is 2.97. The van der Waals surface area contributed by atoms with Crippen LogP contribution in [0.15, 0.2) is 4.52 Å². The van der Waals surface area contributed by atoms with Gasteiger partial charge >= 0.3 is 0 Å². The second-order valence-corrected chi connectivity index (χ2v) is 3.96. The van der Waals surface area contributed by atoms with Crippen molar-refractivity contribution in [1.82, 2.24) is 20.8 Å². The maximum atomic E-state index is 11.7. The van der Waals surface area contributed by atoms with Gasteiger partial charge in [-0.05, 0) is 26.3 Å². The molecule has 1 fully saturated rings. The van der Waals surface area contributed by atoms with Crippen molar-refractivity contribution in [1.29, 1.82) is 0 Å². The van der Waals surface area contributed by atoms with E-state index >= 15 is 0 Å². The quantitative estimate of drug-likeness (QED) is 0.830. The molecule has 0 aromatic carbocycles. The van der Waals surface area contributed by atoms with Crippen LogP contribution in [0, 0.1) is 6.92 Å². The number of hydrogen-bond acceptors (Lipinski definition) is 5. The van der Waals surface area contributed by atoms with E-state index in [2.05, 4.69) is 20.8 Å². The highest BCUT2D eigenvalue weighted by molar-refractivity contribution is 5.85. The van der Waals surface area contributed by atoms with Crippen LogP contribution in [-0.4, -0.2) is 28.6 Å². The van der Waals surface area contributed by atoms with E-state index in [1.807, 2.05) is 0 Å². The van der Waals surface area contributed by atoms with Crippen molar-refractivity contribution in [2.45, 2.75) is 38.8 Å². The van der Waals surface area contributed by atoms with E-state index in [0.29, 0.717) is 18.3 Å². The molecule has 0 radical (unpaired) electrons. The number of rotatable bonds is 3. The van der Waals surface area contributed by atoms with E-state index in [9.17, 15) is 4.79 Å². The van der Waals surface area contributed by atoms with Crippen LogP contribution in [0.2, 0.25) is 0 Å². The SMILES string of the molecule is Cc1noc(CNC(=O)C2CCCCN2)n1.Cl. The number of hydrogen-bond donors (Lipinski definition) is 2. The maximum Gasteiger partial charge on any atom is 0.246 e. The van der Waals surface area contributed by atoms with Gasteiger partial charge in [-0.1, -0.05) is 11.6 Å². The summed E-state index contributed by atoms with van der Waals surface area (Å²) < 4.78 is 4.91. The number of aryl methyl sites for hydroxylation is 1. The van der Waals surface area contributed by atoms with Gasteiger partial charge in [0.2, 0.25) is 11.8 Å². The number of nitrogens with zero attached hydrogens (tertiary/aromatic N) is 2. The maximum absolute atomic E-state index is 11.7. The average Bonchev–Trinajstić information content (AvgIpc) is 2.73. The van der Waals surface area contributed by atoms with Gasteiger partial charge in [0.25, 0.3) is 0 Å². The smallest absolute Gasteiger partial charge is 0.246 e. The molecule has 1 amide bonds. The van der Waals surface area contributed by atoms with Crippen molar-refractivity contribution in [3.8, 4) is 0 Å². The lowest BCUT2D eigenvalue weighted by atomic mass is 10.0. The van der Waals surface area contributed by atoms with Gasteiger partial charge in [0.1, 0.15) is 0 Å². The van der Waals surface area contributed by atoms with Crippen LogP contribution in [0.1, 0.15) is 31.0 Å². The lowest BCUT2D eigenvalue weighted by Gasteiger charge is -2.22. The van der Waals surface area contributed by atoms with Crippen LogP contribution in [-0.2, 0) is 11.3 Å². The molecular weight excluding hydrogens is 244 g/mol. The van der Waals surface area contributed by atoms with E-state index in [1.165, 1.54) is 0 Å². The van der Waals surface area contributed by atoms with E-state index in [-0.39, 0.29) is 24.4 Å². The first-order chi connectivity index (χ1) is 7.75. The summed E-state index contributed by atoms with van der Waals surface area (Å²) in [6.07, 6.45) is 3.14. The Hall–Kier alpha value is -1.14. The molecule has 1 saturated heterocycles. The van der Waals surface area contributed by atoms with Crippen LogP contribution < -0.4 is 10.6 Å². The Morgan fingerprint density at radius 1 is 1.59 bits per heavy atom. The van der Waals surface area contributed by atoms with E-state index in [1.54, 1.807) is 6.92 Å². The summed E-state index contributed by atoms with van der Waals surface area (Å²) in [5, 5.41) is 9.62. The molecular formula is C10H17ClN4O2. The monoisotopic (exact) mass is 260 g/mol. The van der Waals surface area contributed by atoms with Crippen molar-refractivity contribution >= 4 is 18.3 Å². The predicted molar refractivity (Wildman–Crippen MR) is 63.8 cm³/mol. The standard InChI is InChI=1S/C10H16N4O2.ClH/c1-7-13-9(16-14-7)6-12-10(15)8-4-2-3-5-11-8;/h8,11H,2-6H2,1H3,(H,12,15);1H. The Balaban J connectivity index is 0.00000144. The predicted octanol–water partition coefficient (Wildman–Crippen LogP) is 0.558. The second-order valence-electron chi connectivity index (χ2n) is 3.96. The molecule has 1 aliphatic heterocycles. The Labute approximate surface area is 106 Å². The summed E-state index contributed by atoms with van der Waals surface area (Å²) >= 11 is 0. The number of amides is 1. The topological polar surface area (TPSA) is 80.0 Å². The Morgan fingerprint density at radius 2 is 2.41 bits per heavy atom. The molecule has 2 N–H and O–H groups in total. The first-order valence-corrected chi connectivity index (χ1v) is 5.56. The van der Waals surface area contributed by atoms with Crippen molar-refractivity contribution in [2.24, 2.45) is 0 Å². The first kappa shape index (κ1) is 13.9. The molecule has 1 aromatic rings. The molecule has 0 spiro atoms. The van der Waals surface area contributed by atoms with Gasteiger partial charge < -0.3 is 15.2 Å². The normalized spacial score (nSPS) is 19.5. The van der Waals surface area contributed by atoms with Crippen molar-refractivity contribution < 1.29 is 9.32 Å². The Kier molecular flexibility index (Phi) is 5.37. The van der Waals surface area contributed by atoms with Crippen LogP contribution in [0.25, 0.3) is 0 Å². The third kappa shape index (κ3) is 3.98. The first-order valence-electron chi connectivity index (χ1n) is 5.56. The molecule has 0 bridgehead atoms. The van der Waals surface area contributed by atoms with Gasteiger partial charge in [-0.3, -0.25) is 4.79 Å². The number of piperidine rings is 1. The number of aromatic nitrogens is 2. The summed E-state index contributed by atoms with van der Waals surface area (Å²) in [5.41, 5.74) is 0. The number of nitrogens with one attached hydrogen (secondary N) is 2. The highest BCUT2D eigenvalue weighted by atomic mass is 35.5. The van der Waals surface area contributed by atoms with Gasteiger partial charge in [-0.25, -0.2) is 0 Å². The number of halogens is 1. The van der Waals surface area contributed by atoms with Crippen LogP contribution in [0.5, 0.6) is 0 Å². The average molecular weight is 261 g/mol. The van der Waals surface area contributed by atoms with E-state index in [0.717, 1.165) is 25.8 Å². The second kappa shape index (κ2) is 6.56. The lowest BCUT2D eigenvalue weighted by molar-refractivity contribution is -0.123. The molecule has 0 saturated carbocycles. The molecule has 0 aliphatic carbocycles. The van der Waals surface area contributed by atoms with Crippen molar-refractivity contribution in [3.05, 3.63) is 11.7 Å². The Morgan fingerprint density at radius 3 is 3.00 bits per heavy atom. The fourth-order valence-corrected chi connectivity index (χ4v) is 1.77. The van der Waals surface area contributed by atoms with Crippen LogP contribution in [0.3, 0.4) is 0 Å². The minimum Gasteiger partial charge on any atom is -0.346 e. The zero-order valence-electron chi connectivity index (χ0n) is 9.73. The molecule has 2 heterocycles. The fraction of sp³-hybridized carbons (Fsp3) is 0.700. The molecule has 1 unspecified atom stereocenters. The zero-order valence-corrected chi connectivity index (χ0v) is 10.5. The highest BCUT2D eigenvalue weighted by Crippen LogP contribution is 2.07. The molecule has 7 heteroatoms. The fourth-order valence-electron chi connectivity index (χ4n) is 1.77. The van der Waals surface area contributed by atoms with Crippen molar-refractivity contribution in [3.63, 3.8) is 0 Å². The van der Waals surface area contributed by atoms with Gasteiger partial charge in [-0.15, -0.1) is 12.4 Å². The summed E-state index contributed by atoms with van der Waals surface area (Å²) in [4.78, 5) is 15.7. The van der Waals surface area contributed by atoms with E-state index < -0.39 is 0 Å². The minimum atomic E-state index is -0.0715. The van der Waals surface area contributed by atoms with Gasteiger partial charge in [0.15, 0.2) is 5.82 Å². The third-order valence-electron chi connectivity index (χ3n) is 2.61. The van der Waals surface area contributed by atoms with Crippen LogP contribution >= 0.6 is 12.4 Å². The van der Waals surface area contributed by atoms with E-state index in [4.69, 9.17) is 4.52 Å². The molecule has 1 aliphatic rings. The summed E-state index contributed by atoms with van der Waals surface area (Å²) in [7, 11) is 0. The zero-order chi connectivity index (χ0) is 11.4. The highest BCUT2D eigenvalue weighted by Gasteiger charge is 2.20. The number of carbonyl (C=O) groups excluding carboxylic acids is 1. The molecule has 1 aromatic heterocycles. The third-order valence-corrected chi connectivity index (χ3v) is 2.61. The van der Waals surface area contributed by atoms with Crippen LogP contribution in [0.4, 0.5) is 0 Å². The largest absolute Gasteiger partial charge is 0.346 e. The van der Waals surface area contributed by atoms with Crippen molar-refractivity contribution in [2.75, 3.05) is 6.54 Å². The summed E-state index contributed by atoms with van der Waals surface area (Å²) in [6, 6.07) is -0.0715. The number of carbonyl (C=O) groups is 1.